The number of rotatable bonds is 11. The van der Waals surface area contributed by atoms with Crippen LogP contribution in [0.2, 0.25) is 0 Å². The SMILES string of the molecule is CCCCC1CCCCC1CCCOc1ccc(CCC2CCC(C)CC2)cc1. The first-order chi connectivity index (χ1) is 14.2. The zero-order chi connectivity index (χ0) is 20.3. The minimum atomic E-state index is 0.886. The van der Waals surface area contributed by atoms with E-state index in [-0.39, 0.29) is 0 Å². The standard InChI is InChI=1S/C28H46O/c1-3-4-8-26-9-5-6-10-27(26)11-7-22-29-28-20-18-25(19-21-28)17-16-24-14-12-23(2)13-15-24/h18-21,23-24,26-27H,3-17,22H2,1-2H3. The summed E-state index contributed by atoms with van der Waals surface area (Å²) in [5.41, 5.74) is 1.48. The lowest BCUT2D eigenvalue weighted by Crippen LogP contribution is -2.20. The Bertz CT molecular complexity index is 540. The summed E-state index contributed by atoms with van der Waals surface area (Å²) < 4.78 is 6.07. The molecule has 2 saturated carbocycles. The minimum Gasteiger partial charge on any atom is -0.494 e. The summed E-state index contributed by atoms with van der Waals surface area (Å²) in [5.74, 6) is 4.94. The highest BCUT2D eigenvalue weighted by atomic mass is 16.5. The molecule has 2 aliphatic rings. The van der Waals surface area contributed by atoms with Crippen LogP contribution in [-0.4, -0.2) is 6.61 Å². The third-order valence-corrected chi connectivity index (χ3v) is 7.88. The van der Waals surface area contributed by atoms with Gasteiger partial charge in [-0.3, -0.25) is 0 Å². The van der Waals surface area contributed by atoms with Crippen LogP contribution in [0.5, 0.6) is 5.75 Å². The third kappa shape index (κ3) is 7.99. The summed E-state index contributed by atoms with van der Waals surface area (Å²) in [5, 5.41) is 0. The molecule has 0 aliphatic heterocycles. The van der Waals surface area contributed by atoms with E-state index in [9.17, 15) is 0 Å². The third-order valence-electron chi connectivity index (χ3n) is 7.88. The Morgan fingerprint density at radius 3 is 2.10 bits per heavy atom. The molecule has 0 aromatic heterocycles. The van der Waals surface area contributed by atoms with E-state index >= 15 is 0 Å². The monoisotopic (exact) mass is 398 g/mol. The smallest absolute Gasteiger partial charge is 0.119 e. The molecule has 1 nitrogen and oxygen atoms in total. The minimum absolute atomic E-state index is 0.886. The Kier molecular flexibility index (Phi) is 9.91. The van der Waals surface area contributed by atoms with Gasteiger partial charge in [-0.2, -0.15) is 0 Å². The number of aryl methyl sites for hydroxylation is 1. The van der Waals surface area contributed by atoms with Crippen LogP contribution < -0.4 is 4.74 Å². The molecule has 0 spiro atoms. The number of ether oxygens (including phenoxy) is 1. The molecule has 0 bridgehead atoms. The molecule has 2 fully saturated rings. The van der Waals surface area contributed by atoms with E-state index in [1.807, 2.05) is 0 Å². The fourth-order valence-corrected chi connectivity index (χ4v) is 5.79. The van der Waals surface area contributed by atoms with Gasteiger partial charge in [-0.05, 0) is 67.1 Å². The molecule has 0 radical (unpaired) electrons. The first kappa shape index (κ1) is 22.7. The van der Waals surface area contributed by atoms with Gasteiger partial charge >= 0.3 is 0 Å². The molecular formula is C28H46O. The van der Waals surface area contributed by atoms with Crippen LogP contribution >= 0.6 is 0 Å². The zero-order valence-corrected chi connectivity index (χ0v) is 19.3. The molecule has 2 unspecified atom stereocenters. The predicted molar refractivity (Wildman–Crippen MR) is 126 cm³/mol. The highest BCUT2D eigenvalue weighted by molar-refractivity contribution is 5.27. The highest BCUT2D eigenvalue weighted by Gasteiger charge is 2.24. The molecule has 0 N–H and O–H groups in total. The van der Waals surface area contributed by atoms with E-state index in [1.165, 1.54) is 102 Å². The van der Waals surface area contributed by atoms with E-state index in [0.717, 1.165) is 36.0 Å². The predicted octanol–water partition coefficient (Wildman–Crippen LogP) is 8.60. The maximum atomic E-state index is 6.07. The molecule has 164 valence electrons. The summed E-state index contributed by atoms with van der Waals surface area (Å²) in [6.07, 6.45) is 21.1. The van der Waals surface area contributed by atoms with Gasteiger partial charge in [0.15, 0.2) is 0 Å². The van der Waals surface area contributed by atoms with Crippen LogP contribution in [-0.2, 0) is 6.42 Å². The first-order valence-electron chi connectivity index (χ1n) is 13.0. The van der Waals surface area contributed by atoms with Crippen LogP contribution in [0.4, 0.5) is 0 Å². The Morgan fingerprint density at radius 1 is 0.793 bits per heavy atom. The largest absolute Gasteiger partial charge is 0.494 e. The van der Waals surface area contributed by atoms with Crippen molar-refractivity contribution in [1.82, 2.24) is 0 Å². The summed E-state index contributed by atoms with van der Waals surface area (Å²) in [6.45, 7) is 5.62. The summed E-state index contributed by atoms with van der Waals surface area (Å²) in [7, 11) is 0. The van der Waals surface area contributed by atoms with Crippen LogP contribution in [0, 0.1) is 23.7 Å². The van der Waals surface area contributed by atoms with Crippen molar-refractivity contribution in [2.75, 3.05) is 6.61 Å². The van der Waals surface area contributed by atoms with Crippen molar-refractivity contribution in [3.63, 3.8) is 0 Å². The van der Waals surface area contributed by atoms with Crippen LogP contribution in [0.15, 0.2) is 24.3 Å². The zero-order valence-electron chi connectivity index (χ0n) is 19.3. The van der Waals surface area contributed by atoms with Gasteiger partial charge in [-0.25, -0.2) is 0 Å². The topological polar surface area (TPSA) is 9.23 Å². The Labute approximate surface area is 181 Å². The molecule has 1 aromatic rings. The van der Waals surface area contributed by atoms with Crippen LogP contribution in [0.3, 0.4) is 0 Å². The number of hydrogen-bond acceptors (Lipinski definition) is 1. The Hall–Kier alpha value is -0.980. The summed E-state index contributed by atoms with van der Waals surface area (Å²) in [6, 6.07) is 8.98. The lowest BCUT2D eigenvalue weighted by molar-refractivity contribution is 0.191. The van der Waals surface area contributed by atoms with Gasteiger partial charge in [-0.15, -0.1) is 0 Å². The van der Waals surface area contributed by atoms with Gasteiger partial charge in [0, 0.05) is 0 Å². The quantitative estimate of drug-likeness (QED) is 0.339. The highest BCUT2D eigenvalue weighted by Crippen LogP contribution is 2.36. The van der Waals surface area contributed by atoms with Crippen molar-refractivity contribution in [2.24, 2.45) is 23.7 Å². The van der Waals surface area contributed by atoms with Crippen molar-refractivity contribution in [1.29, 1.82) is 0 Å². The van der Waals surface area contributed by atoms with Crippen molar-refractivity contribution in [3.8, 4) is 5.75 Å². The van der Waals surface area contributed by atoms with Gasteiger partial charge in [0.2, 0.25) is 0 Å². The number of benzene rings is 1. The lowest BCUT2D eigenvalue weighted by Gasteiger charge is -2.31. The number of unbranched alkanes of at least 4 members (excludes halogenated alkanes) is 1. The van der Waals surface area contributed by atoms with E-state index < -0.39 is 0 Å². The molecule has 2 atom stereocenters. The molecule has 2 aliphatic carbocycles. The lowest BCUT2D eigenvalue weighted by atomic mass is 9.75. The van der Waals surface area contributed by atoms with Crippen molar-refractivity contribution >= 4 is 0 Å². The van der Waals surface area contributed by atoms with Gasteiger partial charge in [0.25, 0.3) is 0 Å². The van der Waals surface area contributed by atoms with Gasteiger partial charge in [0.05, 0.1) is 6.61 Å². The Morgan fingerprint density at radius 2 is 1.45 bits per heavy atom. The summed E-state index contributed by atoms with van der Waals surface area (Å²) >= 11 is 0. The Balaban J connectivity index is 1.31. The van der Waals surface area contributed by atoms with Gasteiger partial charge in [0.1, 0.15) is 5.75 Å². The van der Waals surface area contributed by atoms with Crippen molar-refractivity contribution in [3.05, 3.63) is 29.8 Å². The van der Waals surface area contributed by atoms with Crippen molar-refractivity contribution in [2.45, 2.75) is 110 Å². The molecule has 0 saturated heterocycles. The van der Waals surface area contributed by atoms with E-state index in [0.29, 0.717) is 0 Å². The molecule has 3 rings (SSSR count). The van der Waals surface area contributed by atoms with Gasteiger partial charge in [-0.1, -0.05) is 96.6 Å². The second kappa shape index (κ2) is 12.7. The van der Waals surface area contributed by atoms with E-state index in [2.05, 4.69) is 38.1 Å². The maximum Gasteiger partial charge on any atom is 0.119 e. The normalized spacial score (nSPS) is 27.7. The first-order valence-corrected chi connectivity index (χ1v) is 13.0. The van der Waals surface area contributed by atoms with Crippen molar-refractivity contribution < 1.29 is 4.74 Å². The average Bonchev–Trinajstić information content (AvgIpc) is 2.76. The fourth-order valence-electron chi connectivity index (χ4n) is 5.79. The fraction of sp³-hybridized carbons (Fsp3) is 0.786. The molecule has 0 heterocycles. The summed E-state index contributed by atoms with van der Waals surface area (Å²) in [4.78, 5) is 0. The molecule has 1 aromatic carbocycles. The maximum absolute atomic E-state index is 6.07. The second-order valence-corrected chi connectivity index (χ2v) is 10.2. The molecule has 1 heteroatoms. The molecule has 0 amide bonds. The van der Waals surface area contributed by atoms with E-state index in [1.54, 1.807) is 0 Å². The van der Waals surface area contributed by atoms with Crippen LogP contribution in [0.25, 0.3) is 0 Å². The average molecular weight is 399 g/mol. The van der Waals surface area contributed by atoms with Crippen LogP contribution in [0.1, 0.15) is 109 Å². The molecule has 29 heavy (non-hydrogen) atoms. The number of hydrogen-bond donors (Lipinski definition) is 0. The van der Waals surface area contributed by atoms with Gasteiger partial charge < -0.3 is 4.74 Å². The van der Waals surface area contributed by atoms with E-state index in [4.69, 9.17) is 4.74 Å². The molecular weight excluding hydrogens is 352 g/mol. The second-order valence-electron chi connectivity index (χ2n) is 10.2.